The summed E-state index contributed by atoms with van der Waals surface area (Å²) in [7, 11) is 0. The summed E-state index contributed by atoms with van der Waals surface area (Å²) in [4.78, 5) is 19.2. The van der Waals surface area contributed by atoms with Gasteiger partial charge in [-0.15, -0.1) is 0 Å². The van der Waals surface area contributed by atoms with Crippen LogP contribution in [0.2, 0.25) is 5.02 Å². The van der Waals surface area contributed by atoms with Gasteiger partial charge in [-0.25, -0.2) is 4.98 Å². The number of halogens is 1. The Bertz CT molecular complexity index is 962. The van der Waals surface area contributed by atoms with Gasteiger partial charge in [0.15, 0.2) is 0 Å². The number of hydrogen-bond donors (Lipinski definition) is 0. The van der Waals surface area contributed by atoms with Crippen LogP contribution in [-0.4, -0.2) is 22.6 Å². The van der Waals surface area contributed by atoms with Gasteiger partial charge in [0.05, 0.1) is 11.9 Å². The number of hydrogen-bond acceptors (Lipinski definition) is 4. The molecule has 0 atom stereocenters. The normalized spacial score (nSPS) is 13.7. The van der Waals surface area contributed by atoms with E-state index in [2.05, 4.69) is 9.88 Å². The van der Waals surface area contributed by atoms with Gasteiger partial charge >= 0.3 is 0 Å². The lowest BCUT2D eigenvalue weighted by Gasteiger charge is -2.16. The van der Waals surface area contributed by atoms with Crippen molar-refractivity contribution in [1.29, 1.82) is 0 Å². The fourth-order valence-electron chi connectivity index (χ4n) is 3.17. The summed E-state index contributed by atoms with van der Waals surface area (Å²) in [6.07, 6.45) is 5.87. The average Bonchev–Trinajstić information content (AvgIpc) is 3.23. The molecule has 0 spiro atoms. The highest BCUT2D eigenvalue weighted by Crippen LogP contribution is 2.19. The van der Waals surface area contributed by atoms with Crippen LogP contribution in [0.3, 0.4) is 0 Å². The third-order valence-electron chi connectivity index (χ3n) is 4.65. The van der Waals surface area contributed by atoms with Gasteiger partial charge < -0.3 is 9.64 Å². The van der Waals surface area contributed by atoms with Crippen LogP contribution in [0.1, 0.15) is 18.4 Å². The van der Waals surface area contributed by atoms with Crippen molar-refractivity contribution in [3.8, 4) is 11.4 Å². The number of nitrogens with zero attached hydrogens (tertiary/aromatic N) is 3. The van der Waals surface area contributed by atoms with Crippen molar-refractivity contribution in [2.24, 2.45) is 0 Å². The highest BCUT2D eigenvalue weighted by molar-refractivity contribution is 6.30. The van der Waals surface area contributed by atoms with Gasteiger partial charge in [0.2, 0.25) is 0 Å². The molecule has 1 aromatic carbocycles. The number of anilines is 1. The molecule has 0 amide bonds. The zero-order chi connectivity index (χ0) is 18.6. The Morgan fingerprint density at radius 1 is 1.04 bits per heavy atom. The molecule has 138 valence electrons. The van der Waals surface area contributed by atoms with E-state index in [9.17, 15) is 4.79 Å². The minimum absolute atomic E-state index is 0.153. The van der Waals surface area contributed by atoms with E-state index in [1.807, 2.05) is 36.4 Å². The van der Waals surface area contributed by atoms with Crippen molar-refractivity contribution < 1.29 is 4.74 Å². The van der Waals surface area contributed by atoms with E-state index < -0.39 is 0 Å². The van der Waals surface area contributed by atoms with Crippen molar-refractivity contribution in [2.75, 3.05) is 18.0 Å². The minimum Gasteiger partial charge on any atom is -0.489 e. The lowest BCUT2D eigenvalue weighted by molar-refractivity contribution is 0.305. The first-order valence-corrected chi connectivity index (χ1v) is 9.38. The minimum atomic E-state index is -0.153. The van der Waals surface area contributed by atoms with Gasteiger partial charge in [0, 0.05) is 30.4 Å². The van der Waals surface area contributed by atoms with Gasteiger partial charge in [-0.2, -0.15) is 0 Å². The van der Waals surface area contributed by atoms with E-state index in [0.29, 0.717) is 17.4 Å². The van der Waals surface area contributed by atoms with E-state index in [1.165, 1.54) is 18.9 Å². The van der Waals surface area contributed by atoms with Gasteiger partial charge in [0.1, 0.15) is 18.2 Å². The molecule has 3 heterocycles. The number of benzene rings is 1. The molecule has 1 aliphatic rings. The molecule has 0 aliphatic carbocycles. The molecule has 0 radical (unpaired) electrons. The maximum Gasteiger partial charge on any atom is 0.258 e. The molecule has 6 heteroatoms. The molecule has 3 aromatic rings. The first-order valence-electron chi connectivity index (χ1n) is 9.00. The first kappa shape index (κ1) is 17.6. The summed E-state index contributed by atoms with van der Waals surface area (Å²) in [5.41, 5.74) is 1.58. The zero-order valence-corrected chi connectivity index (χ0v) is 15.6. The number of pyridine rings is 2. The van der Waals surface area contributed by atoms with Crippen molar-refractivity contribution in [3.05, 3.63) is 81.9 Å². The Kier molecular flexibility index (Phi) is 5.12. The van der Waals surface area contributed by atoms with Crippen LogP contribution in [0.4, 0.5) is 5.82 Å². The summed E-state index contributed by atoms with van der Waals surface area (Å²) >= 11 is 5.88. The second kappa shape index (κ2) is 7.84. The van der Waals surface area contributed by atoms with Crippen LogP contribution in [0.15, 0.2) is 65.7 Å². The summed E-state index contributed by atoms with van der Waals surface area (Å²) in [5.74, 6) is 1.50. The third-order valence-corrected chi connectivity index (χ3v) is 4.90. The quantitative estimate of drug-likeness (QED) is 0.668. The van der Waals surface area contributed by atoms with Gasteiger partial charge in [-0.05, 0) is 48.7 Å². The second-order valence-electron chi connectivity index (χ2n) is 6.55. The molecule has 1 saturated heterocycles. The van der Waals surface area contributed by atoms with Crippen LogP contribution >= 0.6 is 11.6 Å². The monoisotopic (exact) mass is 381 g/mol. The first-order chi connectivity index (χ1) is 13.2. The molecule has 1 aliphatic heterocycles. The molecule has 0 N–H and O–H groups in total. The fourth-order valence-corrected chi connectivity index (χ4v) is 3.29. The van der Waals surface area contributed by atoms with Crippen LogP contribution in [0.5, 0.6) is 5.75 Å². The molecule has 0 saturated carbocycles. The average molecular weight is 382 g/mol. The fraction of sp³-hybridized carbons (Fsp3) is 0.238. The summed E-state index contributed by atoms with van der Waals surface area (Å²) in [6, 6.07) is 14.6. The highest BCUT2D eigenvalue weighted by Gasteiger charge is 2.13. The summed E-state index contributed by atoms with van der Waals surface area (Å²) < 4.78 is 7.28. The summed E-state index contributed by atoms with van der Waals surface area (Å²) in [5, 5.41) is 0.686. The molecule has 1 fully saturated rings. The van der Waals surface area contributed by atoms with E-state index in [4.69, 9.17) is 16.3 Å². The number of aromatic nitrogens is 2. The topological polar surface area (TPSA) is 47.4 Å². The smallest absolute Gasteiger partial charge is 0.258 e. The van der Waals surface area contributed by atoms with E-state index in [0.717, 1.165) is 30.2 Å². The molecule has 0 bridgehead atoms. The molecule has 27 heavy (non-hydrogen) atoms. The van der Waals surface area contributed by atoms with Crippen molar-refractivity contribution >= 4 is 17.4 Å². The van der Waals surface area contributed by atoms with E-state index in [-0.39, 0.29) is 5.56 Å². The van der Waals surface area contributed by atoms with Crippen molar-refractivity contribution in [3.63, 3.8) is 0 Å². The third kappa shape index (κ3) is 4.14. The Balaban J connectivity index is 1.46. The van der Waals surface area contributed by atoms with E-state index in [1.54, 1.807) is 23.0 Å². The van der Waals surface area contributed by atoms with Gasteiger partial charge in [-0.1, -0.05) is 23.7 Å². The summed E-state index contributed by atoms with van der Waals surface area (Å²) in [6.45, 7) is 2.48. The van der Waals surface area contributed by atoms with Gasteiger partial charge in [0.25, 0.3) is 5.56 Å². The molecule has 4 rings (SSSR count). The Morgan fingerprint density at radius 2 is 1.81 bits per heavy atom. The van der Waals surface area contributed by atoms with Crippen molar-refractivity contribution in [1.82, 2.24) is 9.55 Å². The second-order valence-corrected chi connectivity index (χ2v) is 6.99. The Morgan fingerprint density at radius 3 is 2.48 bits per heavy atom. The Labute approximate surface area is 162 Å². The number of rotatable bonds is 5. The maximum atomic E-state index is 12.5. The molecule has 2 aromatic heterocycles. The predicted octanol–water partition coefficient (Wildman–Crippen LogP) is 4.07. The van der Waals surface area contributed by atoms with Crippen LogP contribution in [0, 0.1) is 0 Å². The lowest BCUT2D eigenvalue weighted by atomic mass is 10.2. The Hall–Kier alpha value is -2.79. The molecule has 0 unspecified atom stereocenters. The standard InChI is InChI=1S/C21H20ClN3O2/c22-17-5-3-16(4-6-17)15-27-19-9-12-25(21(26)13-19)18-7-8-20(23-14-18)24-10-1-2-11-24/h3-9,12-14H,1-2,10-11,15H2. The van der Waals surface area contributed by atoms with E-state index >= 15 is 0 Å². The van der Waals surface area contributed by atoms with Crippen LogP contribution < -0.4 is 15.2 Å². The lowest BCUT2D eigenvalue weighted by Crippen LogP contribution is -2.20. The largest absolute Gasteiger partial charge is 0.489 e. The molecule has 5 nitrogen and oxygen atoms in total. The SMILES string of the molecule is O=c1cc(OCc2ccc(Cl)cc2)ccn1-c1ccc(N2CCCC2)nc1. The number of ether oxygens (including phenoxy) is 1. The van der Waals surface area contributed by atoms with Crippen molar-refractivity contribution in [2.45, 2.75) is 19.4 Å². The molecular formula is C21H20ClN3O2. The predicted molar refractivity (Wildman–Crippen MR) is 107 cm³/mol. The van der Waals surface area contributed by atoms with Crippen LogP contribution in [-0.2, 0) is 6.61 Å². The molecular weight excluding hydrogens is 362 g/mol. The maximum absolute atomic E-state index is 12.5. The zero-order valence-electron chi connectivity index (χ0n) is 14.8. The highest BCUT2D eigenvalue weighted by atomic mass is 35.5. The van der Waals surface area contributed by atoms with Crippen LogP contribution in [0.25, 0.3) is 5.69 Å². The van der Waals surface area contributed by atoms with Gasteiger partial charge in [-0.3, -0.25) is 9.36 Å².